The van der Waals surface area contributed by atoms with Crippen molar-refractivity contribution in [3.63, 3.8) is 0 Å². The van der Waals surface area contributed by atoms with Gasteiger partial charge in [0.2, 0.25) is 0 Å². The molecule has 4 aliphatic carbocycles. The van der Waals surface area contributed by atoms with Crippen molar-refractivity contribution in [2.24, 2.45) is 29.1 Å². The molecule has 0 N–H and O–H groups in total. The van der Waals surface area contributed by atoms with Crippen LogP contribution in [0, 0.1) is 29.1 Å². The van der Waals surface area contributed by atoms with Crippen molar-refractivity contribution in [1.82, 2.24) is 0 Å². The molecule has 0 bridgehead atoms. The monoisotopic (exact) mass is 258 g/mol. The number of fused-ring (bicyclic) bond motifs is 5. The molecule has 3 fully saturated rings. The largest absolute Gasteiger partial charge is 0.295 e. The molecular weight excluding hydrogens is 232 g/mol. The first-order chi connectivity index (χ1) is 9.17. The molecule has 5 atom stereocenters. The lowest BCUT2D eigenvalue weighted by Crippen LogP contribution is -2.44. The van der Waals surface area contributed by atoms with Gasteiger partial charge in [0.25, 0.3) is 0 Å². The highest BCUT2D eigenvalue weighted by atomic mass is 16.1. The smallest absolute Gasteiger partial charge is 0.155 e. The zero-order valence-corrected chi connectivity index (χ0v) is 12.2. The van der Waals surface area contributed by atoms with Crippen LogP contribution in [0.2, 0.25) is 0 Å². The van der Waals surface area contributed by atoms with E-state index in [9.17, 15) is 4.79 Å². The molecule has 3 saturated carbocycles. The van der Waals surface area contributed by atoms with Gasteiger partial charge in [-0.05, 0) is 80.1 Å². The van der Waals surface area contributed by atoms with Gasteiger partial charge in [0.15, 0.2) is 5.78 Å². The maximum atomic E-state index is 11.6. The van der Waals surface area contributed by atoms with E-state index in [1.54, 1.807) is 0 Å². The van der Waals surface area contributed by atoms with Crippen molar-refractivity contribution in [2.75, 3.05) is 0 Å². The molecule has 5 unspecified atom stereocenters. The van der Waals surface area contributed by atoms with Gasteiger partial charge in [0.05, 0.1) is 0 Å². The summed E-state index contributed by atoms with van der Waals surface area (Å²) in [5, 5.41) is 0. The molecular formula is C18H26O. The zero-order valence-electron chi connectivity index (χ0n) is 12.2. The van der Waals surface area contributed by atoms with Crippen LogP contribution in [0.5, 0.6) is 0 Å². The van der Waals surface area contributed by atoms with E-state index in [4.69, 9.17) is 0 Å². The molecule has 0 amide bonds. The summed E-state index contributed by atoms with van der Waals surface area (Å²) in [5.74, 6) is 4.08. The Labute approximate surface area is 116 Å². The van der Waals surface area contributed by atoms with Crippen molar-refractivity contribution < 1.29 is 4.79 Å². The summed E-state index contributed by atoms with van der Waals surface area (Å²) >= 11 is 0. The minimum Gasteiger partial charge on any atom is -0.295 e. The van der Waals surface area contributed by atoms with Crippen LogP contribution in [0.1, 0.15) is 64.7 Å². The van der Waals surface area contributed by atoms with Crippen LogP contribution in [0.25, 0.3) is 0 Å². The average Bonchev–Trinajstić information content (AvgIpc) is 2.79. The number of hydrogen-bond acceptors (Lipinski definition) is 1. The molecule has 0 heterocycles. The molecule has 0 aliphatic heterocycles. The molecule has 19 heavy (non-hydrogen) atoms. The van der Waals surface area contributed by atoms with Crippen LogP contribution in [0.15, 0.2) is 11.6 Å². The first kappa shape index (κ1) is 12.2. The van der Waals surface area contributed by atoms with Crippen LogP contribution < -0.4 is 0 Å². The fraction of sp³-hybridized carbons (Fsp3) is 0.833. The highest BCUT2D eigenvalue weighted by Gasteiger charge is 2.52. The molecule has 4 aliphatic rings. The molecule has 4 rings (SSSR count). The van der Waals surface area contributed by atoms with Gasteiger partial charge in [-0.1, -0.05) is 18.9 Å². The fourth-order valence-corrected chi connectivity index (χ4v) is 6.17. The third-order valence-corrected chi connectivity index (χ3v) is 7.08. The van der Waals surface area contributed by atoms with Crippen LogP contribution in [0.3, 0.4) is 0 Å². The van der Waals surface area contributed by atoms with E-state index < -0.39 is 0 Å². The molecule has 0 aromatic carbocycles. The summed E-state index contributed by atoms with van der Waals surface area (Å²) in [7, 11) is 0. The van der Waals surface area contributed by atoms with E-state index in [0.29, 0.717) is 11.2 Å². The van der Waals surface area contributed by atoms with E-state index in [1.807, 2.05) is 6.08 Å². The van der Waals surface area contributed by atoms with Crippen LogP contribution in [-0.4, -0.2) is 5.78 Å². The van der Waals surface area contributed by atoms with Crippen molar-refractivity contribution in [1.29, 1.82) is 0 Å². The number of hydrogen-bond donors (Lipinski definition) is 0. The molecule has 104 valence electrons. The van der Waals surface area contributed by atoms with E-state index in [0.717, 1.165) is 36.5 Å². The third kappa shape index (κ3) is 1.76. The number of rotatable bonds is 0. The van der Waals surface area contributed by atoms with E-state index in [1.165, 1.54) is 50.5 Å². The van der Waals surface area contributed by atoms with Crippen LogP contribution in [0.4, 0.5) is 0 Å². The van der Waals surface area contributed by atoms with Gasteiger partial charge in [-0.15, -0.1) is 0 Å². The summed E-state index contributed by atoms with van der Waals surface area (Å²) < 4.78 is 0. The standard InChI is InChI=1S/C18H26O/c1-18-9-2-3-17(18)16-6-4-12-11-13(19)5-7-14(12)15(16)8-10-18/h11,14-17H,2-10H2,1H3. The minimum absolute atomic E-state index is 0.395. The van der Waals surface area contributed by atoms with Gasteiger partial charge in [0.1, 0.15) is 0 Å². The summed E-state index contributed by atoms with van der Waals surface area (Å²) in [6, 6.07) is 0. The van der Waals surface area contributed by atoms with E-state index in [-0.39, 0.29) is 0 Å². The Balaban J connectivity index is 1.63. The molecule has 0 radical (unpaired) electrons. The molecule has 0 aromatic rings. The van der Waals surface area contributed by atoms with Gasteiger partial charge in [-0.25, -0.2) is 0 Å². The molecule has 0 spiro atoms. The minimum atomic E-state index is 0.395. The van der Waals surface area contributed by atoms with Gasteiger partial charge in [-0.3, -0.25) is 4.79 Å². The van der Waals surface area contributed by atoms with Gasteiger partial charge in [-0.2, -0.15) is 0 Å². The van der Waals surface area contributed by atoms with Crippen LogP contribution >= 0.6 is 0 Å². The van der Waals surface area contributed by atoms with Crippen LogP contribution in [-0.2, 0) is 4.79 Å². The number of carbonyl (C=O) groups excluding carboxylic acids is 1. The lowest BCUT2D eigenvalue weighted by molar-refractivity contribution is -0.116. The third-order valence-electron chi connectivity index (χ3n) is 7.08. The Morgan fingerprint density at radius 1 is 1.05 bits per heavy atom. The highest BCUT2D eigenvalue weighted by molar-refractivity contribution is 5.91. The Morgan fingerprint density at radius 2 is 1.95 bits per heavy atom. The van der Waals surface area contributed by atoms with Gasteiger partial charge in [0, 0.05) is 6.42 Å². The lowest BCUT2D eigenvalue weighted by Gasteiger charge is -2.52. The number of ketones is 1. The normalized spacial score (nSPS) is 49.1. The Morgan fingerprint density at radius 3 is 2.84 bits per heavy atom. The highest BCUT2D eigenvalue weighted by Crippen LogP contribution is 2.61. The zero-order chi connectivity index (χ0) is 13.0. The molecule has 0 aromatic heterocycles. The maximum Gasteiger partial charge on any atom is 0.155 e. The fourth-order valence-electron chi connectivity index (χ4n) is 6.17. The molecule has 0 saturated heterocycles. The second kappa shape index (κ2) is 4.20. The molecule has 1 heteroatoms. The Kier molecular flexibility index (Phi) is 2.69. The molecule has 1 nitrogen and oxygen atoms in total. The Bertz CT molecular complexity index is 435. The SMILES string of the molecule is CC12CCCC1C1CCC3=CC(=O)CCC3C1CC2. The first-order valence-electron chi connectivity index (χ1n) is 8.41. The summed E-state index contributed by atoms with van der Waals surface area (Å²) in [6.07, 6.45) is 13.9. The van der Waals surface area contributed by atoms with Crippen molar-refractivity contribution in [2.45, 2.75) is 64.7 Å². The number of carbonyl (C=O) groups is 1. The predicted molar refractivity (Wildman–Crippen MR) is 76.7 cm³/mol. The topological polar surface area (TPSA) is 17.1 Å². The summed E-state index contributed by atoms with van der Waals surface area (Å²) in [6.45, 7) is 2.57. The quantitative estimate of drug-likeness (QED) is 0.624. The maximum absolute atomic E-state index is 11.6. The van der Waals surface area contributed by atoms with Crippen molar-refractivity contribution in [3.05, 3.63) is 11.6 Å². The first-order valence-corrected chi connectivity index (χ1v) is 8.41. The van der Waals surface area contributed by atoms with E-state index >= 15 is 0 Å². The summed E-state index contributed by atoms with van der Waals surface area (Å²) in [5.41, 5.74) is 2.20. The second-order valence-corrected chi connectivity index (χ2v) is 7.89. The average molecular weight is 258 g/mol. The second-order valence-electron chi connectivity index (χ2n) is 7.89. The Hall–Kier alpha value is -0.590. The van der Waals surface area contributed by atoms with Crippen molar-refractivity contribution >= 4 is 5.78 Å². The van der Waals surface area contributed by atoms with Gasteiger partial charge < -0.3 is 0 Å². The summed E-state index contributed by atoms with van der Waals surface area (Å²) in [4.78, 5) is 11.6. The van der Waals surface area contributed by atoms with Gasteiger partial charge >= 0.3 is 0 Å². The predicted octanol–water partition coefficient (Wildman–Crippen LogP) is 4.52. The number of allylic oxidation sites excluding steroid dienone is 1. The van der Waals surface area contributed by atoms with E-state index in [2.05, 4.69) is 6.92 Å². The lowest BCUT2D eigenvalue weighted by atomic mass is 9.52. The van der Waals surface area contributed by atoms with Crippen molar-refractivity contribution in [3.8, 4) is 0 Å².